The van der Waals surface area contributed by atoms with Gasteiger partial charge in [-0.05, 0) is 42.8 Å². The summed E-state index contributed by atoms with van der Waals surface area (Å²) in [5.74, 6) is 1.65. The topological polar surface area (TPSA) is 45.2 Å². The third-order valence-electron chi connectivity index (χ3n) is 3.70. The van der Waals surface area contributed by atoms with E-state index in [4.69, 9.17) is 11.6 Å². The van der Waals surface area contributed by atoms with Crippen LogP contribution in [-0.4, -0.2) is 21.5 Å². The highest BCUT2D eigenvalue weighted by Gasteiger charge is 2.36. The number of aromatic hydroxyl groups is 1. The number of nitrogens with one attached hydrogen (secondary N) is 1. The molecule has 2 aromatic rings. The van der Waals surface area contributed by atoms with Crippen molar-refractivity contribution >= 4 is 28.2 Å². The number of aromatic nitrogens is 1. The molecule has 1 aromatic carbocycles. The molecular formula is C14H15ClN2O. The van der Waals surface area contributed by atoms with Crippen LogP contribution < -0.4 is 5.32 Å². The van der Waals surface area contributed by atoms with Crippen molar-refractivity contribution in [1.29, 1.82) is 0 Å². The predicted octanol–water partition coefficient (Wildman–Crippen LogP) is 3.51. The van der Waals surface area contributed by atoms with Crippen molar-refractivity contribution in [2.75, 3.05) is 11.2 Å². The van der Waals surface area contributed by atoms with Gasteiger partial charge < -0.3 is 10.4 Å². The quantitative estimate of drug-likeness (QED) is 0.832. The minimum absolute atomic E-state index is 0.0195. The Bertz CT molecular complexity index is 576. The summed E-state index contributed by atoms with van der Waals surface area (Å²) in [6.07, 6.45) is 5.14. The minimum Gasteiger partial charge on any atom is -0.508 e. The van der Waals surface area contributed by atoms with Gasteiger partial charge in [-0.2, -0.15) is 0 Å². The molecule has 0 amide bonds. The molecule has 0 spiro atoms. The maximum atomic E-state index is 9.60. The molecule has 94 valence electrons. The number of rotatable bonds is 3. The van der Waals surface area contributed by atoms with E-state index in [1.165, 1.54) is 6.42 Å². The first kappa shape index (κ1) is 11.6. The monoisotopic (exact) mass is 262 g/mol. The van der Waals surface area contributed by atoms with Crippen LogP contribution in [0.3, 0.4) is 0 Å². The van der Waals surface area contributed by atoms with Crippen molar-refractivity contribution in [3.8, 4) is 5.75 Å². The summed E-state index contributed by atoms with van der Waals surface area (Å²) in [5, 5.41) is 15.1. The van der Waals surface area contributed by atoms with Crippen LogP contribution >= 0.6 is 11.6 Å². The number of alkyl halides is 1. The van der Waals surface area contributed by atoms with Crippen molar-refractivity contribution < 1.29 is 5.11 Å². The summed E-state index contributed by atoms with van der Waals surface area (Å²) in [7, 11) is 0. The Morgan fingerprint density at radius 1 is 1.33 bits per heavy atom. The molecule has 18 heavy (non-hydrogen) atoms. The summed E-state index contributed by atoms with van der Waals surface area (Å²) in [4.78, 5) is 4.38. The second-order valence-electron chi connectivity index (χ2n) is 4.96. The molecule has 1 saturated carbocycles. The molecule has 0 bridgehead atoms. The van der Waals surface area contributed by atoms with E-state index >= 15 is 0 Å². The fourth-order valence-electron chi connectivity index (χ4n) is 2.40. The lowest BCUT2D eigenvalue weighted by Crippen LogP contribution is -2.47. The number of benzene rings is 1. The first-order valence-corrected chi connectivity index (χ1v) is 6.68. The van der Waals surface area contributed by atoms with Gasteiger partial charge in [0, 0.05) is 17.5 Å². The smallest absolute Gasteiger partial charge is 0.134 e. The lowest BCUT2D eigenvalue weighted by molar-refractivity contribution is 0.310. The molecule has 1 fully saturated rings. The maximum absolute atomic E-state index is 9.60. The standard InChI is InChI=1S/C14H15ClN2O/c15-9-14(5-1-6-14)17-13-12-8-11(18)3-2-10(12)4-7-16-13/h2-4,7-8,18H,1,5-6,9H2,(H,16,17). The molecule has 0 radical (unpaired) electrons. The Hall–Kier alpha value is -1.48. The number of halogens is 1. The molecule has 2 N–H and O–H groups in total. The minimum atomic E-state index is -0.0195. The number of hydrogen-bond acceptors (Lipinski definition) is 3. The van der Waals surface area contributed by atoms with Crippen LogP contribution in [0.25, 0.3) is 10.8 Å². The SMILES string of the molecule is Oc1ccc2ccnc(NC3(CCl)CCC3)c2c1. The first-order valence-electron chi connectivity index (χ1n) is 6.14. The normalized spacial score (nSPS) is 17.4. The second-order valence-corrected chi connectivity index (χ2v) is 5.22. The molecule has 3 nitrogen and oxygen atoms in total. The van der Waals surface area contributed by atoms with Gasteiger partial charge in [0.2, 0.25) is 0 Å². The highest BCUT2D eigenvalue weighted by molar-refractivity contribution is 6.19. The van der Waals surface area contributed by atoms with E-state index < -0.39 is 0 Å². The molecule has 4 heteroatoms. The van der Waals surface area contributed by atoms with Gasteiger partial charge in [0.1, 0.15) is 11.6 Å². The van der Waals surface area contributed by atoms with Crippen molar-refractivity contribution in [3.05, 3.63) is 30.5 Å². The van der Waals surface area contributed by atoms with Gasteiger partial charge in [-0.1, -0.05) is 6.07 Å². The van der Waals surface area contributed by atoms with Crippen molar-refractivity contribution in [1.82, 2.24) is 4.98 Å². The molecule has 1 aliphatic rings. The van der Waals surface area contributed by atoms with E-state index in [1.807, 2.05) is 12.1 Å². The van der Waals surface area contributed by atoms with Crippen LogP contribution in [0.2, 0.25) is 0 Å². The average Bonchev–Trinajstić information content (AvgIpc) is 2.34. The zero-order chi connectivity index (χ0) is 12.6. The van der Waals surface area contributed by atoms with Gasteiger partial charge in [-0.3, -0.25) is 0 Å². The number of hydrogen-bond donors (Lipinski definition) is 2. The highest BCUT2D eigenvalue weighted by Crippen LogP contribution is 2.37. The third kappa shape index (κ3) is 1.89. The molecular weight excluding hydrogens is 248 g/mol. The fourth-order valence-corrected chi connectivity index (χ4v) is 2.74. The van der Waals surface area contributed by atoms with Gasteiger partial charge in [-0.15, -0.1) is 11.6 Å². The second kappa shape index (κ2) is 4.32. The summed E-state index contributed by atoms with van der Waals surface area (Å²) in [5.41, 5.74) is -0.0195. The number of phenols is 1. The molecule has 1 heterocycles. The fraction of sp³-hybridized carbons (Fsp3) is 0.357. The van der Waals surface area contributed by atoms with Crippen LogP contribution in [0.4, 0.5) is 5.82 Å². The molecule has 0 aliphatic heterocycles. The number of nitrogens with zero attached hydrogens (tertiary/aromatic N) is 1. The summed E-state index contributed by atoms with van der Waals surface area (Å²) in [6.45, 7) is 0. The Labute approximate surface area is 111 Å². The Kier molecular flexibility index (Phi) is 2.78. The lowest BCUT2D eigenvalue weighted by Gasteiger charge is -2.41. The largest absolute Gasteiger partial charge is 0.508 e. The predicted molar refractivity (Wildman–Crippen MR) is 74.3 cm³/mol. The molecule has 3 rings (SSSR count). The van der Waals surface area contributed by atoms with E-state index in [-0.39, 0.29) is 11.3 Å². The Balaban J connectivity index is 2.03. The molecule has 1 aliphatic carbocycles. The zero-order valence-electron chi connectivity index (χ0n) is 9.99. The van der Waals surface area contributed by atoms with Crippen LogP contribution in [0.5, 0.6) is 5.75 Å². The van der Waals surface area contributed by atoms with E-state index in [1.54, 1.807) is 18.3 Å². The summed E-state index contributed by atoms with van der Waals surface area (Å²) in [6, 6.07) is 7.26. The zero-order valence-corrected chi connectivity index (χ0v) is 10.7. The molecule has 1 aromatic heterocycles. The highest BCUT2D eigenvalue weighted by atomic mass is 35.5. The molecule has 0 atom stereocenters. The molecule has 0 saturated heterocycles. The van der Waals surface area contributed by atoms with Crippen molar-refractivity contribution in [3.63, 3.8) is 0 Å². The van der Waals surface area contributed by atoms with Crippen molar-refractivity contribution in [2.24, 2.45) is 0 Å². The summed E-state index contributed by atoms with van der Waals surface area (Å²) < 4.78 is 0. The van der Waals surface area contributed by atoms with Gasteiger partial charge in [0.25, 0.3) is 0 Å². The van der Waals surface area contributed by atoms with Crippen LogP contribution in [0, 0.1) is 0 Å². The van der Waals surface area contributed by atoms with E-state index in [2.05, 4.69) is 10.3 Å². The average molecular weight is 263 g/mol. The summed E-state index contributed by atoms with van der Waals surface area (Å²) >= 11 is 6.05. The lowest BCUT2D eigenvalue weighted by atomic mass is 9.78. The van der Waals surface area contributed by atoms with Crippen molar-refractivity contribution in [2.45, 2.75) is 24.8 Å². The number of fused-ring (bicyclic) bond motifs is 1. The first-order chi connectivity index (χ1) is 8.72. The van der Waals surface area contributed by atoms with E-state index in [9.17, 15) is 5.11 Å². The Morgan fingerprint density at radius 2 is 2.17 bits per heavy atom. The van der Waals surface area contributed by atoms with Gasteiger partial charge >= 0.3 is 0 Å². The van der Waals surface area contributed by atoms with Crippen LogP contribution in [0.15, 0.2) is 30.5 Å². The number of pyridine rings is 1. The van der Waals surface area contributed by atoms with E-state index in [0.717, 1.165) is 29.4 Å². The Morgan fingerprint density at radius 3 is 2.83 bits per heavy atom. The third-order valence-corrected chi connectivity index (χ3v) is 4.21. The van der Waals surface area contributed by atoms with Crippen LogP contribution in [-0.2, 0) is 0 Å². The number of phenolic OH excluding ortho intramolecular Hbond substituents is 1. The van der Waals surface area contributed by atoms with E-state index in [0.29, 0.717) is 5.88 Å². The van der Waals surface area contributed by atoms with Gasteiger partial charge in [-0.25, -0.2) is 4.98 Å². The van der Waals surface area contributed by atoms with Crippen LogP contribution in [0.1, 0.15) is 19.3 Å². The maximum Gasteiger partial charge on any atom is 0.134 e. The molecule has 0 unspecified atom stereocenters. The van der Waals surface area contributed by atoms with Gasteiger partial charge in [0.05, 0.1) is 5.54 Å². The number of anilines is 1. The van der Waals surface area contributed by atoms with Gasteiger partial charge in [0.15, 0.2) is 0 Å².